The van der Waals surface area contributed by atoms with Crippen LogP contribution in [-0.2, 0) is 6.54 Å². The first-order valence-corrected chi connectivity index (χ1v) is 6.86. The normalized spacial score (nSPS) is 15.2. The molecule has 3 rings (SSSR count). The molecule has 0 saturated carbocycles. The Morgan fingerprint density at radius 1 is 1.25 bits per heavy atom. The first-order chi connectivity index (χ1) is 9.63. The van der Waals surface area contributed by atoms with Gasteiger partial charge >= 0.3 is 0 Å². The van der Waals surface area contributed by atoms with Gasteiger partial charge in [-0.15, -0.1) is 0 Å². The molecule has 1 saturated heterocycles. The number of imidazole rings is 1. The van der Waals surface area contributed by atoms with Crippen LogP contribution in [0.1, 0.15) is 5.82 Å². The Morgan fingerprint density at radius 2 is 2.05 bits per heavy atom. The molecule has 0 unspecified atom stereocenters. The summed E-state index contributed by atoms with van der Waals surface area (Å²) in [5, 5.41) is 0. The molecule has 0 amide bonds. The second kappa shape index (κ2) is 5.11. The number of aryl methyl sites for hydroxylation is 1. The molecule has 1 aliphatic heterocycles. The molecule has 0 aliphatic carbocycles. The maximum atomic E-state index is 4.56. The molecule has 2 aromatic heterocycles. The van der Waals surface area contributed by atoms with Gasteiger partial charge in [0.15, 0.2) is 0 Å². The summed E-state index contributed by atoms with van der Waals surface area (Å²) < 4.78 is 2.21. The molecule has 2 aromatic rings. The van der Waals surface area contributed by atoms with Crippen LogP contribution in [0.4, 0.5) is 11.8 Å². The van der Waals surface area contributed by atoms with Crippen LogP contribution in [0, 0.1) is 12.8 Å². The van der Waals surface area contributed by atoms with Crippen molar-refractivity contribution in [2.45, 2.75) is 13.5 Å². The van der Waals surface area contributed by atoms with E-state index in [4.69, 9.17) is 0 Å². The molecule has 0 atom stereocenters. The van der Waals surface area contributed by atoms with Gasteiger partial charge in [0, 0.05) is 58.2 Å². The van der Waals surface area contributed by atoms with Gasteiger partial charge in [-0.1, -0.05) is 0 Å². The summed E-state index contributed by atoms with van der Waals surface area (Å²) >= 11 is 0. The number of hydrogen-bond acceptors (Lipinski definition) is 5. The van der Waals surface area contributed by atoms with E-state index in [9.17, 15) is 0 Å². The van der Waals surface area contributed by atoms with Gasteiger partial charge < -0.3 is 14.4 Å². The number of aromatic nitrogens is 4. The third kappa shape index (κ3) is 2.45. The summed E-state index contributed by atoms with van der Waals surface area (Å²) in [6.07, 6.45) is 5.72. The summed E-state index contributed by atoms with van der Waals surface area (Å²) in [5.74, 6) is 3.50. The van der Waals surface area contributed by atoms with Crippen LogP contribution in [0.2, 0.25) is 0 Å². The average Bonchev–Trinajstić information content (AvgIpc) is 2.79. The van der Waals surface area contributed by atoms with E-state index in [2.05, 4.69) is 24.4 Å². The van der Waals surface area contributed by atoms with E-state index in [1.54, 1.807) is 0 Å². The lowest BCUT2D eigenvalue weighted by Gasteiger charge is -2.39. The molecular weight excluding hydrogens is 252 g/mol. The van der Waals surface area contributed by atoms with Gasteiger partial charge in [-0.05, 0) is 13.0 Å². The van der Waals surface area contributed by atoms with Gasteiger partial charge in [0.1, 0.15) is 11.6 Å². The van der Waals surface area contributed by atoms with Gasteiger partial charge in [-0.3, -0.25) is 0 Å². The Bertz CT molecular complexity index is 585. The van der Waals surface area contributed by atoms with Crippen LogP contribution in [0.25, 0.3) is 0 Å². The summed E-state index contributed by atoms with van der Waals surface area (Å²) in [5.41, 5.74) is 0. The fourth-order valence-corrected chi connectivity index (χ4v) is 2.46. The Balaban J connectivity index is 1.60. The van der Waals surface area contributed by atoms with Crippen LogP contribution in [0.15, 0.2) is 24.7 Å². The van der Waals surface area contributed by atoms with E-state index in [-0.39, 0.29) is 0 Å². The minimum Gasteiger partial charge on any atom is -0.363 e. The highest BCUT2D eigenvalue weighted by atomic mass is 15.3. The highest BCUT2D eigenvalue weighted by Gasteiger charge is 2.29. The van der Waals surface area contributed by atoms with E-state index in [0.29, 0.717) is 5.92 Å². The summed E-state index contributed by atoms with van der Waals surface area (Å²) in [7, 11) is 3.99. The van der Waals surface area contributed by atoms with Gasteiger partial charge in [-0.2, -0.15) is 4.98 Å². The molecule has 106 valence electrons. The number of rotatable bonds is 4. The molecule has 3 heterocycles. The van der Waals surface area contributed by atoms with Crippen molar-refractivity contribution in [2.24, 2.45) is 5.92 Å². The van der Waals surface area contributed by atoms with Gasteiger partial charge in [0.25, 0.3) is 0 Å². The molecule has 0 spiro atoms. The van der Waals surface area contributed by atoms with Crippen LogP contribution in [0.3, 0.4) is 0 Å². The van der Waals surface area contributed by atoms with E-state index in [1.165, 1.54) is 0 Å². The maximum absolute atomic E-state index is 4.56. The van der Waals surface area contributed by atoms with Crippen LogP contribution >= 0.6 is 0 Å². The Labute approximate surface area is 119 Å². The second-order valence-corrected chi connectivity index (χ2v) is 5.51. The van der Waals surface area contributed by atoms with Gasteiger partial charge in [0.2, 0.25) is 5.95 Å². The summed E-state index contributed by atoms with van der Waals surface area (Å²) in [4.78, 5) is 17.4. The zero-order chi connectivity index (χ0) is 14.1. The van der Waals surface area contributed by atoms with Crippen molar-refractivity contribution in [2.75, 3.05) is 37.0 Å². The smallest absolute Gasteiger partial charge is 0.227 e. The van der Waals surface area contributed by atoms with Crippen molar-refractivity contribution in [3.05, 3.63) is 30.5 Å². The minimum atomic E-state index is 0.648. The molecule has 20 heavy (non-hydrogen) atoms. The van der Waals surface area contributed by atoms with Crippen LogP contribution in [0.5, 0.6) is 0 Å². The lowest BCUT2D eigenvalue weighted by molar-refractivity contribution is 0.350. The quantitative estimate of drug-likeness (QED) is 0.836. The molecular formula is C14H20N6. The third-order valence-electron chi connectivity index (χ3n) is 3.70. The lowest BCUT2D eigenvalue weighted by Crippen LogP contribution is -2.49. The third-order valence-corrected chi connectivity index (χ3v) is 3.70. The minimum absolute atomic E-state index is 0.648. The van der Waals surface area contributed by atoms with E-state index in [1.807, 2.05) is 50.6 Å². The number of anilines is 2. The predicted molar refractivity (Wildman–Crippen MR) is 79.0 cm³/mol. The van der Waals surface area contributed by atoms with Crippen molar-refractivity contribution in [1.29, 1.82) is 0 Å². The average molecular weight is 272 g/mol. The fraction of sp³-hybridized carbons (Fsp3) is 0.500. The Hall–Kier alpha value is -2.11. The molecule has 0 radical (unpaired) electrons. The summed E-state index contributed by atoms with van der Waals surface area (Å²) in [6.45, 7) is 5.08. The lowest BCUT2D eigenvalue weighted by atomic mass is 10.0. The van der Waals surface area contributed by atoms with E-state index < -0.39 is 0 Å². The van der Waals surface area contributed by atoms with Crippen molar-refractivity contribution >= 4 is 11.8 Å². The topological polar surface area (TPSA) is 50.1 Å². The van der Waals surface area contributed by atoms with Crippen molar-refractivity contribution in [1.82, 2.24) is 19.5 Å². The molecule has 1 fully saturated rings. The first-order valence-electron chi connectivity index (χ1n) is 6.86. The molecule has 0 aromatic carbocycles. The molecule has 6 heteroatoms. The van der Waals surface area contributed by atoms with Crippen molar-refractivity contribution in [3.8, 4) is 0 Å². The summed E-state index contributed by atoms with van der Waals surface area (Å²) in [6, 6.07) is 1.93. The standard InChI is InChI=1S/C14H20N6/c1-11-15-6-7-19(11)8-12-9-20(10-12)14-16-5-4-13(17-14)18(2)3/h4-7,12H,8-10H2,1-3H3. The number of nitrogens with zero attached hydrogens (tertiary/aromatic N) is 6. The van der Waals surface area contributed by atoms with E-state index in [0.717, 1.165) is 37.2 Å². The number of hydrogen-bond donors (Lipinski definition) is 0. The van der Waals surface area contributed by atoms with Gasteiger partial charge in [0.05, 0.1) is 0 Å². The van der Waals surface area contributed by atoms with Crippen LogP contribution < -0.4 is 9.80 Å². The van der Waals surface area contributed by atoms with Crippen LogP contribution in [-0.4, -0.2) is 46.7 Å². The largest absolute Gasteiger partial charge is 0.363 e. The monoisotopic (exact) mass is 272 g/mol. The Morgan fingerprint density at radius 3 is 2.70 bits per heavy atom. The highest BCUT2D eigenvalue weighted by molar-refractivity contribution is 5.43. The molecule has 0 bridgehead atoms. The zero-order valence-corrected chi connectivity index (χ0v) is 12.2. The first kappa shape index (κ1) is 12.9. The molecule has 1 aliphatic rings. The Kier molecular flexibility index (Phi) is 3.30. The predicted octanol–water partition coefficient (Wildman–Crippen LogP) is 1.18. The molecule has 0 N–H and O–H groups in total. The van der Waals surface area contributed by atoms with Gasteiger partial charge in [-0.25, -0.2) is 9.97 Å². The maximum Gasteiger partial charge on any atom is 0.227 e. The zero-order valence-electron chi connectivity index (χ0n) is 12.2. The van der Waals surface area contributed by atoms with E-state index >= 15 is 0 Å². The second-order valence-electron chi connectivity index (χ2n) is 5.51. The van der Waals surface area contributed by atoms with Crippen molar-refractivity contribution < 1.29 is 0 Å². The van der Waals surface area contributed by atoms with Crippen molar-refractivity contribution in [3.63, 3.8) is 0 Å². The molecule has 6 nitrogen and oxygen atoms in total. The fourth-order valence-electron chi connectivity index (χ4n) is 2.46. The SMILES string of the molecule is Cc1nccn1CC1CN(c2nccc(N(C)C)n2)C1. The highest BCUT2D eigenvalue weighted by Crippen LogP contribution is 2.23.